The SMILES string of the molecule is CCC[C@H]1CC[C@H]([C@H]2CC[C@H](OC(=O)c3ccc(F)cc3)CC2)CC1. The van der Waals surface area contributed by atoms with Crippen molar-refractivity contribution in [1.29, 1.82) is 0 Å². The van der Waals surface area contributed by atoms with Crippen molar-refractivity contribution in [3.63, 3.8) is 0 Å². The van der Waals surface area contributed by atoms with Crippen molar-refractivity contribution < 1.29 is 13.9 Å². The molecule has 2 fully saturated rings. The van der Waals surface area contributed by atoms with Gasteiger partial charge in [0.2, 0.25) is 0 Å². The van der Waals surface area contributed by atoms with Gasteiger partial charge in [-0.25, -0.2) is 9.18 Å². The largest absolute Gasteiger partial charge is 0.459 e. The van der Waals surface area contributed by atoms with Gasteiger partial charge in [-0.15, -0.1) is 0 Å². The van der Waals surface area contributed by atoms with Crippen molar-refractivity contribution in [2.45, 2.75) is 77.2 Å². The lowest BCUT2D eigenvalue weighted by atomic mass is 9.70. The molecular weight excluding hydrogens is 315 g/mol. The molecule has 0 aliphatic heterocycles. The van der Waals surface area contributed by atoms with Gasteiger partial charge in [-0.2, -0.15) is 0 Å². The minimum absolute atomic E-state index is 0.0326. The predicted octanol–water partition coefficient (Wildman–Crippen LogP) is 6.15. The number of rotatable bonds is 5. The van der Waals surface area contributed by atoms with E-state index in [9.17, 15) is 9.18 Å². The highest BCUT2D eigenvalue weighted by atomic mass is 19.1. The summed E-state index contributed by atoms with van der Waals surface area (Å²) in [5.74, 6) is 2.04. The topological polar surface area (TPSA) is 26.3 Å². The van der Waals surface area contributed by atoms with E-state index in [0.29, 0.717) is 5.56 Å². The van der Waals surface area contributed by atoms with Crippen LogP contribution in [0.4, 0.5) is 4.39 Å². The van der Waals surface area contributed by atoms with Gasteiger partial charge in [0.15, 0.2) is 0 Å². The first-order valence-corrected chi connectivity index (χ1v) is 10.1. The number of hydrogen-bond acceptors (Lipinski definition) is 2. The lowest BCUT2D eigenvalue weighted by Gasteiger charge is -2.37. The molecule has 0 radical (unpaired) electrons. The Kier molecular flexibility index (Phi) is 6.50. The molecule has 1 aromatic rings. The van der Waals surface area contributed by atoms with Gasteiger partial charge in [-0.05, 0) is 80.5 Å². The van der Waals surface area contributed by atoms with Crippen LogP contribution in [0.3, 0.4) is 0 Å². The average Bonchev–Trinajstić information content (AvgIpc) is 2.64. The van der Waals surface area contributed by atoms with Crippen LogP contribution >= 0.6 is 0 Å². The highest BCUT2D eigenvalue weighted by Crippen LogP contribution is 2.41. The number of benzene rings is 1. The van der Waals surface area contributed by atoms with E-state index < -0.39 is 0 Å². The summed E-state index contributed by atoms with van der Waals surface area (Å²) in [6, 6.07) is 5.61. The van der Waals surface area contributed by atoms with E-state index in [0.717, 1.165) is 30.6 Å². The summed E-state index contributed by atoms with van der Waals surface area (Å²) in [7, 11) is 0. The van der Waals surface area contributed by atoms with Gasteiger partial charge >= 0.3 is 5.97 Å². The van der Waals surface area contributed by atoms with Crippen LogP contribution in [0.1, 0.15) is 81.5 Å². The molecule has 3 heteroatoms. The van der Waals surface area contributed by atoms with Crippen molar-refractivity contribution in [2.24, 2.45) is 17.8 Å². The van der Waals surface area contributed by atoms with Crippen LogP contribution in [0.2, 0.25) is 0 Å². The number of carbonyl (C=O) groups is 1. The van der Waals surface area contributed by atoms with Gasteiger partial charge in [-0.3, -0.25) is 0 Å². The fourth-order valence-corrected chi connectivity index (χ4v) is 4.84. The van der Waals surface area contributed by atoms with E-state index in [2.05, 4.69) is 6.92 Å². The van der Waals surface area contributed by atoms with E-state index in [4.69, 9.17) is 4.74 Å². The van der Waals surface area contributed by atoms with Crippen molar-refractivity contribution >= 4 is 5.97 Å². The third-order valence-electron chi connectivity index (χ3n) is 6.33. The lowest BCUT2D eigenvalue weighted by molar-refractivity contribution is 0.0109. The molecule has 0 aromatic heterocycles. The van der Waals surface area contributed by atoms with Crippen molar-refractivity contribution in [2.75, 3.05) is 0 Å². The number of esters is 1. The molecule has 0 amide bonds. The second-order valence-electron chi connectivity index (χ2n) is 8.02. The Morgan fingerprint density at radius 2 is 1.52 bits per heavy atom. The van der Waals surface area contributed by atoms with Gasteiger partial charge in [0.05, 0.1) is 5.56 Å². The van der Waals surface area contributed by atoms with Crippen molar-refractivity contribution in [1.82, 2.24) is 0 Å². The molecule has 1 aromatic carbocycles. The predicted molar refractivity (Wildman–Crippen MR) is 97.9 cm³/mol. The number of hydrogen-bond donors (Lipinski definition) is 0. The van der Waals surface area contributed by atoms with Gasteiger partial charge in [0, 0.05) is 0 Å². The van der Waals surface area contributed by atoms with Gasteiger partial charge < -0.3 is 4.74 Å². The lowest BCUT2D eigenvalue weighted by Crippen LogP contribution is -2.29. The molecule has 0 heterocycles. The Bertz CT molecular complexity index is 538. The molecule has 25 heavy (non-hydrogen) atoms. The van der Waals surface area contributed by atoms with Crippen LogP contribution in [-0.2, 0) is 4.74 Å². The third-order valence-corrected chi connectivity index (χ3v) is 6.33. The Hall–Kier alpha value is -1.38. The molecular formula is C22H31FO2. The van der Waals surface area contributed by atoms with E-state index in [1.807, 2.05) is 0 Å². The number of ether oxygens (including phenoxy) is 1. The van der Waals surface area contributed by atoms with Crippen LogP contribution in [0, 0.1) is 23.6 Å². The smallest absolute Gasteiger partial charge is 0.338 e. The van der Waals surface area contributed by atoms with Crippen molar-refractivity contribution in [3.8, 4) is 0 Å². The molecule has 2 nitrogen and oxygen atoms in total. The van der Waals surface area contributed by atoms with Crippen LogP contribution in [0.5, 0.6) is 0 Å². The monoisotopic (exact) mass is 346 g/mol. The molecule has 0 N–H and O–H groups in total. The molecule has 2 saturated carbocycles. The summed E-state index contributed by atoms with van der Waals surface area (Å²) in [4.78, 5) is 12.2. The minimum Gasteiger partial charge on any atom is -0.459 e. The molecule has 0 spiro atoms. The summed E-state index contributed by atoms with van der Waals surface area (Å²) < 4.78 is 18.6. The van der Waals surface area contributed by atoms with Crippen molar-refractivity contribution in [3.05, 3.63) is 35.6 Å². The summed E-state index contributed by atoms with van der Waals surface area (Å²) >= 11 is 0. The molecule has 0 unspecified atom stereocenters. The molecule has 2 aliphatic carbocycles. The maximum Gasteiger partial charge on any atom is 0.338 e. The second kappa shape index (κ2) is 8.82. The standard InChI is InChI=1S/C22H31FO2/c1-2-3-16-4-6-17(7-5-16)18-10-14-21(15-11-18)25-22(24)19-8-12-20(23)13-9-19/h8-9,12-13,16-18,21H,2-7,10-11,14-15H2,1H3/t16-,17-,18-,21-. The number of halogens is 1. The molecule has 0 saturated heterocycles. The summed E-state index contributed by atoms with van der Waals surface area (Å²) in [5.41, 5.74) is 0.442. The van der Waals surface area contributed by atoms with Gasteiger partial charge in [0.25, 0.3) is 0 Å². The fourth-order valence-electron chi connectivity index (χ4n) is 4.84. The second-order valence-corrected chi connectivity index (χ2v) is 8.02. The maximum absolute atomic E-state index is 12.9. The Morgan fingerprint density at radius 1 is 0.960 bits per heavy atom. The molecule has 0 atom stereocenters. The first-order valence-electron chi connectivity index (χ1n) is 10.1. The first-order chi connectivity index (χ1) is 12.2. The Balaban J connectivity index is 1.41. The molecule has 3 rings (SSSR count). The quantitative estimate of drug-likeness (QED) is 0.598. The van der Waals surface area contributed by atoms with Gasteiger partial charge in [-0.1, -0.05) is 32.6 Å². The Labute approximate surface area is 151 Å². The average molecular weight is 346 g/mol. The highest BCUT2D eigenvalue weighted by molar-refractivity contribution is 5.89. The molecule has 0 bridgehead atoms. The normalized spacial score (nSPS) is 30.0. The summed E-state index contributed by atoms with van der Waals surface area (Å²) in [6.07, 6.45) is 12.7. The maximum atomic E-state index is 12.9. The highest BCUT2D eigenvalue weighted by Gasteiger charge is 2.31. The molecule has 138 valence electrons. The third kappa shape index (κ3) is 5.05. The minimum atomic E-state index is -0.328. The van der Waals surface area contributed by atoms with E-state index >= 15 is 0 Å². The summed E-state index contributed by atoms with van der Waals surface area (Å²) in [5, 5.41) is 0. The first kappa shape index (κ1) is 18.4. The van der Waals surface area contributed by atoms with E-state index in [1.165, 1.54) is 75.6 Å². The van der Waals surface area contributed by atoms with Crippen LogP contribution in [-0.4, -0.2) is 12.1 Å². The fraction of sp³-hybridized carbons (Fsp3) is 0.682. The number of carbonyl (C=O) groups excluding carboxylic acids is 1. The Morgan fingerprint density at radius 3 is 2.08 bits per heavy atom. The van der Waals surface area contributed by atoms with E-state index in [-0.39, 0.29) is 17.9 Å². The zero-order valence-corrected chi connectivity index (χ0v) is 15.4. The zero-order valence-electron chi connectivity index (χ0n) is 15.4. The van der Waals surface area contributed by atoms with Crippen LogP contribution in [0.25, 0.3) is 0 Å². The van der Waals surface area contributed by atoms with Gasteiger partial charge in [0.1, 0.15) is 11.9 Å². The van der Waals surface area contributed by atoms with Crippen LogP contribution < -0.4 is 0 Å². The zero-order chi connectivity index (χ0) is 17.6. The summed E-state index contributed by atoms with van der Waals surface area (Å²) in [6.45, 7) is 2.29. The van der Waals surface area contributed by atoms with E-state index in [1.54, 1.807) is 0 Å². The molecule has 2 aliphatic rings. The van der Waals surface area contributed by atoms with Crippen LogP contribution in [0.15, 0.2) is 24.3 Å².